The molecule has 3 aromatic rings. The van der Waals surface area contributed by atoms with Crippen molar-refractivity contribution in [3.8, 4) is 17.1 Å². The van der Waals surface area contributed by atoms with E-state index in [0.29, 0.717) is 40.1 Å². The maximum absolute atomic E-state index is 12.3. The van der Waals surface area contributed by atoms with Gasteiger partial charge < -0.3 is 19.2 Å². The highest BCUT2D eigenvalue weighted by Gasteiger charge is 2.13. The smallest absolute Gasteiger partial charge is 0.189 e. The van der Waals surface area contributed by atoms with Gasteiger partial charge in [0.2, 0.25) is 0 Å². The summed E-state index contributed by atoms with van der Waals surface area (Å²) in [5, 5.41) is 10.0. The van der Waals surface area contributed by atoms with Crippen molar-refractivity contribution >= 4 is 10.9 Å². The van der Waals surface area contributed by atoms with Gasteiger partial charge in [-0.05, 0) is 13.0 Å². The molecule has 0 fully saturated rings. The number of aromatic amines is 1. The van der Waals surface area contributed by atoms with Crippen molar-refractivity contribution in [1.82, 2.24) is 9.97 Å². The van der Waals surface area contributed by atoms with E-state index in [-0.39, 0.29) is 5.43 Å². The Balaban J connectivity index is 2.22. The summed E-state index contributed by atoms with van der Waals surface area (Å²) in [5.74, 6) is 1.11. The number of aliphatic hydroxyl groups is 1. The molecule has 0 aliphatic carbocycles. The predicted octanol–water partition coefficient (Wildman–Crippen LogP) is 2.11. The number of aliphatic hydroxyl groups excluding tert-OH is 1. The van der Waals surface area contributed by atoms with Crippen LogP contribution in [0.2, 0.25) is 0 Å². The van der Waals surface area contributed by atoms with E-state index in [4.69, 9.17) is 9.15 Å². The van der Waals surface area contributed by atoms with Crippen LogP contribution in [0.15, 0.2) is 40.0 Å². The highest BCUT2D eigenvalue weighted by molar-refractivity contribution is 5.87. The molecule has 0 aliphatic heterocycles. The van der Waals surface area contributed by atoms with E-state index in [1.807, 2.05) is 0 Å². The van der Waals surface area contributed by atoms with Crippen molar-refractivity contribution in [2.45, 2.75) is 19.4 Å². The number of nitrogens with zero attached hydrogens (tertiary/aromatic N) is 1. The van der Waals surface area contributed by atoms with Crippen LogP contribution in [-0.2, 0) is 6.42 Å². The van der Waals surface area contributed by atoms with Gasteiger partial charge in [-0.1, -0.05) is 0 Å². The van der Waals surface area contributed by atoms with Crippen LogP contribution >= 0.6 is 0 Å². The molecule has 22 heavy (non-hydrogen) atoms. The quantitative estimate of drug-likeness (QED) is 0.770. The molecule has 2 heterocycles. The van der Waals surface area contributed by atoms with Gasteiger partial charge in [0.15, 0.2) is 17.6 Å². The van der Waals surface area contributed by atoms with Crippen LogP contribution in [0.4, 0.5) is 0 Å². The Morgan fingerprint density at radius 3 is 2.86 bits per heavy atom. The van der Waals surface area contributed by atoms with Gasteiger partial charge >= 0.3 is 0 Å². The maximum Gasteiger partial charge on any atom is 0.189 e. The average molecular weight is 300 g/mol. The number of nitrogens with one attached hydrogen (secondary N) is 1. The topological polar surface area (TPSA) is 88.4 Å². The first-order valence-corrected chi connectivity index (χ1v) is 6.89. The van der Waals surface area contributed by atoms with E-state index in [1.165, 1.54) is 12.5 Å². The normalized spacial score (nSPS) is 12.5. The Labute approximate surface area is 126 Å². The molecule has 0 amide bonds. The molecular weight excluding hydrogens is 284 g/mol. The van der Waals surface area contributed by atoms with Crippen LogP contribution in [0.3, 0.4) is 0 Å². The summed E-state index contributed by atoms with van der Waals surface area (Å²) in [6, 6.07) is 4.98. The number of ether oxygens (including phenoxy) is 1. The van der Waals surface area contributed by atoms with E-state index in [0.717, 1.165) is 0 Å². The molecule has 1 atom stereocenters. The third-order valence-corrected chi connectivity index (χ3v) is 3.42. The summed E-state index contributed by atoms with van der Waals surface area (Å²) in [7, 11) is 1.55. The van der Waals surface area contributed by atoms with Crippen molar-refractivity contribution in [3.05, 3.63) is 46.7 Å². The zero-order chi connectivity index (χ0) is 15.7. The van der Waals surface area contributed by atoms with Crippen molar-refractivity contribution in [2.75, 3.05) is 7.11 Å². The fraction of sp³-hybridized carbons (Fsp3) is 0.250. The number of H-pyrrole nitrogens is 1. The number of methoxy groups -OCH3 is 1. The first kappa shape index (κ1) is 14.3. The summed E-state index contributed by atoms with van der Waals surface area (Å²) < 4.78 is 10.7. The first-order chi connectivity index (χ1) is 10.6. The molecule has 0 saturated heterocycles. The van der Waals surface area contributed by atoms with E-state index in [9.17, 15) is 9.90 Å². The van der Waals surface area contributed by atoms with Gasteiger partial charge in [0, 0.05) is 29.6 Å². The average Bonchev–Trinajstić information content (AvgIpc) is 2.99. The minimum Gasteiger partial charge on any atom is -0.496 e. The van der Waals surface area contributed by atoms with Gasteiger partial charge in [-0.2, -0.15) is 0 Å². The number of pyridine rings is 1. The molecule has 1 aromatic carbocycles. The van der Waals surface area contributed by atoms with Gasteiger partial charge in [0.25, 0.3) is 0 Å². The monoisotopic (exact) mass is 300 g/mol. The number of oxazole rings is 1. The largest absolute Gasteiger partial charge is 0.496 e. The molecule has 2 aromatic heterocycles. The molecule has 6 heteroatoms. The van der Waals surface area contributed by atoms with Crippen LogP contribution in [0.5, 0.6) is 5.75 Å². The number of aromatic nitrogens is 2. The lowest BCUT2D eigenvalue weighted by Gasteiger charge is -2.10. The number of fused-ring (bicyclic) bond motifs is 1. The van der Waals surface area contributed by atoms with Crippen molar-refractivity contribution < 1.29 is 14.3 Å². The van der Waals surface area contributed by atoms with E-state index >= 15 is 0 Å². The molecule has 1 unspecified atom stereocenters. The molecule has 0 spiro atoms. The number of hydrogen-bond acceptors (Lipinski definition) is 5. The fourth-order valence-electron chi connectivity index (χ4n) is 2.47. The first-order valence-electron chi connectivity index (χ1n) is 6.89. The molecule has 2 N–H and O–H groups in total. The number of hydrogen-bond donors (Lipinski definition) is 2. The van der Waals surface area contributed by atoms with Gasteiger partial charge in [0.05, 0.1) is 30.5 Å². The Bertz CT molecular complexity index is 850. The minimum absolute atomic E-state index is 0.118. The number of rotatable bonds is 4. The zero-order valence-electron chi connectivity index (χ0n) is 12.3. The van der Waals surface area contributed by atoms with Crippen molar-refractivity contribution in [2.24, 2.45) is 0 Å². The van der Waals surface area contributed by atoms with Crippen LogP contribution in [0.25, 0.3) is 22.2 Å². The summed E-state index contributed by atoms with van der Waals surface area (Å²) >= 11 is 0. The van der Waals surface area contributed by atoms with Crippen LogP contribution < -0.4 is 10.2 Å². The highest BCUT2D eigenvalue weighted by atomic mass is 16.5. The van der Waals surface area contributed by atoms with Gasteiger partial charge in [0.1, 0.15) is 5.75 Å². The SMILES string of the molecule is COc1cc2[nH]c(CC(C)O)cc(=O)c2cc1-c1cnco1. The summed E-state index contributed by atoms with van der Waals surface area (Å²) in [6.07, 6.45) is 2.76. The van der Waals surface area contributed by atoms with Crippen molar-refractivity contribution in [1.29, 1.82) is 0 Å². The Morgan fingerprint density at radius 1 is 1.41 bits per heavy atom. The van der Waals surface area contributed by atoms with Crippen LogP contribution in [-0.4, -0.2) is 28.3 Å². The number of benzene rings is 1. The maximum atomic E-state index is 12.3. The summed E-state index contributed by atoms with van der Waals surface area (Å²) in [5.41, 5.74) is 1.89. The second-order valence-corrected chi connectivity index (χ2v) is 5.18. The van der Waals surface area contributed by atoms with E-state index in [1.54, 1.807) is 32.4 Å². The standard InChI is InChI=1S/C16H16N2O4/c1-9(19)3-10-4-14(20)11-5-12(16-7-17-8-22-16)15(21-2)6-13(11)18-10/h4-9,19H,3H2,1-2H3,(H,18,20). The second kappa shape index (κ2) is 5.65. The van der Waals surface area contributed by atoms with Crippen molar-refractivity contribution in [3.63, 3.8) is 0 Å². The molecule has 114 valence electrons. The summed E-state index contributed by atoms with van der Waals surface area (Å²) in [4.78, 5) is 19.4. The third kappa shape index (κ3) is 2.60. The Hall–Kier alpha value is -2.60. The second-order valence-electron chi connectivity index (χ2n) is 5.18. The van der Waals surface area contributed by atoms with Crippen LogP contribution in [0.1, 0.15) is 12.6 Å². The summed E-state index contributed by atoms with van der Waals surface area (Å²) in [6.45, 7) is 1.68. The molecule has 0 radical (unpaired) electrons. The fourth-order valence-corrected chi connectivity index (χ4v) is 2.47. The lowest BCUT2D eigenvalue weighted by molar-refractivity contribution is 0.194. The molecule has 0 bridgehead atoms. The zero-order valence-corrected chi connectivity index (χ0v) is 12.3. The van der Waals surface area contributed by atoms with Gasteiger partial charge in [-0.15, -0.1) is 0 Å². The highest BCUT2D eigenvalue weighted by Crippen LogP contribution is 2.32. The lowest BCUT2D eigenvalue weighted by atomic mass is 10.1. The van der Waals surface area contributed by atoms with Gasteiger partial charge in [-0.3, -0.25) is 4.79 Å². The molecule has 0 saturated carbocycles. The molecule has 6 nitrogen and oxygen atoms in total. The van der Waals surface area contributed by atoms with E-state index < -0.39 is 6.10 Å². The lowest BCUT2D eigenvalue weighted by Crippen LogP contribution is -2.11. The van der Waals surface area contributed by atoms with Crippen LogP contribution in [0, 0.1) is 0 Å². The minimum atomic E-state index is -0.525. The third-order valence-electron chi connectivity index (χ3n) is 3.42. The van der Waals surface area contributed by atoms with E-state index in [2.05, 4.69) is 9.97 Å². The molecule has 3 rings (SSSR count). The molecular formula is C16H16N2O4. The Kier molecular flexibility index (Phi) is 3.68. The molecule has 0 aliphatic rings. The Morgan fingerprint density at radius 2 is 2.23 bits per heavy atom. The van der Waals surface area contributed by atoms with Gasteiger partial charge in [-0.25, -0.2) is 4.98 Å². The predicted molar refractivity (Wildman–Crippen MR) is 82.0 cm³/mol.